The predicted molar refractivity (Wildman–Crippen MR) is 62.3 cm³/mol. The summed E-state index contributed by atoms with van der Waals surface area (Å²) in [6.45, 7) is 0. The number of fused-ring (bicyclic) bond motifs is 1. The Labute approximate surface area is 104 Å². The fourth-order valence-electron chi connectivity index (χ4n) is 1.70. The second-order valence-corrected chi connectivity index (χ2v) is 4.63. The van der Waals surface area contributed by atoms with Gasteiger partial charge in [0.2, 0.25) is 0 Å². The smallest absolute Gasteiger partial charge is 0.356 e. The number of nitrogens with zero attached hydrogens (tertiary/aromatic N) is 1. The molecular weight excluding hydrogens is 263 g/mol. The molecule has 2 aromatic heterocycles. The number of alkyl halides is 3. The molecule has 0 spiro atoms. The van der Waals surface area contributed by atoms with E-state index in [2.05, 4.69) is 5.16 Å². The minimum Gasteiger partial charge on any atom is -0.356 e. The summed E-state index contributed by atoms with van der Waals surface area (Å²) in [4.78, 5) is 0. The third-order valence-corrected chi connectivity index (χ3v) is 3.51. The molecule has 0 N–H and O–H groups in total. The van der Waals surface area contributed by atoms with Crippen LogP contribution in [0.1, 0.15) is 5.69 Å². The molecule has 3 rings (SSSR count). The summed E-state index contributed by atoms with van der Waals surface area (Å²) in [7, 11) is 0. The normalized spacial score (nSPS) is 12.2. The SMILES string of the molecule is FC(F)(F)c1cc(-c2csc3ccccc23)on1. The van der Waals surface area contributed by atoms with Crippen molar-refractivity contribution in [2.45, 2.75) is 6.18 Å². The molecule has 0 saturated heterocycles. The van der Waals surface area contributed by atoms with E-state index in [4.69, 9.17) is 4.52 Å². The summed E-state index contributed by atoms with van der Waals surface area (Å²) < 4.78 is 43.1. The van der Waals surface area contributed by atoms with E-state index < -0.39 is 11.9 Å². The van der Waals surface area contributed by atoms with E-state index in [0.717, 1.165) is 16.2 Å². The molecule has 0 fully saturated rings. The van der Waals surface area contributed by atoms with Crippen LogP contribution in [0.15, 0.2) is 40.2 Å². The maximum atomic E-state index is 12.4. The van der Waals surface area contributed by atoms with Gasteiger partial charge in [-0.2, -0.15) is 13.2 Å². The van der Waals surface area contributed by atoms with Gasteiger partial charge in [-0.15, -0.1) is 11.3 Å². The average molecular weight is 269 g/mol. The molecule has 6 heteroatoms. The van der Waals surface area contributed by atoms with Crippen molar-refractivity contribution >= 4 is 21.4 Å². The lowest BCUT2D eigenvalue weighted by Gasteiger charge is -1.97. The van der Waals surface area contributed by atoms with Gasteiger partial charge in [-0.3, -0.25) is 0 Å². The van der Waals surface area contributed by atoms with Crippen LogP contribution in [0.4, 0.5) is 13.2 Å². The van der Waals surface area contributed by atoms with E-state index in [1.807, 2.05) is 24.3 Å². The van der Waals surface area contributed by atoms with E-state index in [-0.39, 0.29) is 5.76 Å². The number of aromatic nitrogens is 1. The summed E-state index contributed by atoms with van der Waals surface area (Å²) in [6.07, 6.45) is -4.48. The minimum absolute atomic E-state index is 0.139. The van der Waals surface area contributed by atoms with Crippen LogP contribution < -0.4 is 0 Å². The third-order valence-electron chi connectivity index (χ3n) is 2.55. The Morgan fingerprint density at radius 2 is 1.94 bits per heavy atom. The molecule has 3 aromatic rings. The van der Waals surface area contributed by atoms with Gasteiger partial charge < -0.3 is 4.52 Å². The highest BCUT2D eigenvalue weighted by Gasteiger charge is 2.35. The van der Waals surface area contributed by atoms with Gasteiger partial charge in [-0.1, -0.05) is 23.4 Å². The number of thiophene rings is 1. The summed E-state index contributed by atoms with van der Waals surface area (Å²) in [6, 6.07) is 8.39. The van der Waals surface area contributed by atoms with Crippen molar-refractivity contribution in [2.24, 2.45) is 0 Å². The lowest BCUT2D eigenvalue weighted by Crippen LogP contribution is -2.04. The molecule has 18 heavy (non-hydrogen) atoms. The van der Waals surface area contributed by atoms with Crippen LogP contribution in [0, 0.1) is 0 Å². The van der Waals surface area contributed by atoms with Crippen molar-refractivity contribution in [1.29, 1.82) is 0 Å². The van der Waals surface area contributed by atoms with Crippen LogP contribution in [-0.2, 0) is 6.18 Å². The standard InChI is InChI=1S/C12H6F3NOS/c13-12(14,15)11-5-9(17-16-11)8-6-18-10-4-2-1-3-7(8)10/h1-6H. The molecule has 0 aliphatic carbocycles. The first-order valence-corrected chi connectivity index (χ1v) is 5.94. The third kappa shape index (κ3) is 1.78. The molecule has 0 unspecified atom stereocenters. The zero-order chi connectivity index (χ0) is 12.8. The average Bonchev–Trinajstić information content (AvgIpc) is 2.94. The highest BCUT2D eigenvalue weighted by molar-refractivity contribution is 7.17. The van der Waals surface area contributed by atoms with Gasteiger partial charge in [0.05, 0.1) is 0 Å². The van der Waals surface area contributed by atoms with Gasteiger partial charge in [0.25, 0.3) is 0 Å². The molecular formula is C12H6F3NOS. The Morgan fingerprint density at radius 3 is 2.67 bits per heavy atom. The molecule has 0 bridgehead atoms. The van der Waals surface area contributed by atoms with Gasteiger partial charge in [0.1, 0.15) is 0 Å². The fraction of sp³-hybridized carbons (Fsp3) is 0.0833. The summed E-state index contributed by atoms with van der Waals surface area (Å²) in [5.74, 6) is 0.139. The number of hydrogen-bond acceptors (Lipinski definition) is 3. The van der Waals surface area contributed by atoms with Crippen molar-refractivity contribution in [2.75, 3.05) is 0 Å². The van der Waals surface area contributed by atoms with Crippen molar-refractivity contribution in [3.63, 3.8) is 0 Å². The molecule has 1 aromatic carbocycles. The number of rotatable bonds is 1. The van der Waals surface area contributed by atoms with Gasteiger partial charge >= 0.3 is 6.18 Å². The van der Waals surface area contributed by atoms with Gasteiger partial charge in [0.15, 0.2) is 11.5 Å². The highest BCUT2D eigenvalue weighted by Crippen LogP contribution is 2.36. The van der Waals surface area contributed by atoms with Crippen LogP contribution in [0.25, 0.3) is 21.4 Å². The quantitative estimate of drug-likeness (QED) is 0.646. The molecule has 0 aliphatic heterocycles. The molecule has 92 valence electrons. The zero-order valence-electron chi connectivity index (χ0n) is 8.86. The molecule has 0 atom stereocenters. The summed E-state index contributed by atoms with van der Waals surface area (Å²) >= 11 is 1.46. The lowest BCUT2D eigenvalue weighted by molar-refractivity contribution is -0.142. The van der Waals surface area contributed by atoms with Crippen molar-refractivity contribution in [3.05, 3.63) is 41.4 Å². The van der Waals surface area contributed by atoms with E-state index in [9.17, 15) is 13.2 Å². The van der Waals surface area contributed by atoms with Gasteiger partial charge in [0, 0.05) is 27.1 Å². The molecule has 0 radical (unpaired) electrons. The molecule has 0 aliphatic rings. The largest absolute Gasteiger partial charge is 0.436 e. The molecule has 2 heterocycles. The fourth-order valence-corrected chi connectivity index (χ4v) is 2.65. The predicted octanol–water partition coefficient (Wildman–Crippen LogP) is 4.58. The maximum absolute atomic E-state index is 12.4. The summed E-state index contributed by atoms with van der Waals surface area (Å²) in [5, 5.41) is 5.69. The second-order valence-electron chi connectivity index (χ2n) is 3.72. The molecule has 0 saturated carbocycles. The topological polar surface area (TPSA) is 26.0 Å². The minimum atomic E-state index is -4.48. The summed E-state index contributed by atoms with van der Waals surface area (Å²) in [5.41, 5.74) is -0.369. The van der Waals surface area contributed by atoms with Crippen LogP contribution >= 0.6 is 11.3 Å². The Kier molecular flexibility index (Phi) is 2.41. The zero-order valence-corrected chi connectivity index (χ0v) is 9.68. The van der Waals surface area contributed by atoms with Gasteiger partial charge in [-0.25, -0.2) is 0 Å². The number of halogens is 3. The first kappa shape index (κ1) is 11.3. The Morgan fingerprint density at radius 1 is 1.17 bits per heavy atom. The monoisotopic (exact) mass is 269 g/mol. The van der Waals surface area contributed by atoms with Crippen LogP contribution in [0.2, 0.25) is 0 Å². The molecule has 2 nitrogen and oxygen atoms in total. The first-order chi connectivity index (χ1) is 8.55. The van der Waals surface area contributed by atoms with Gasteiger partial charge in [-0.05, 0) is 6.07 Å². The second kappa shape index (κ2) is 3.84. The Hall–Kier alpha value is -1.82. The highest BCUT2D eigenvalue weighted by atomic mass is 32.1. The van der Waals surface area contributed by atoms with E-state index in [1.54, 1.807) is 5.38 Å². The lowest BCUT2D eigenvalue weighted by atomic mass is 10.1. The van der Waals surface area contributed by atoms with Crippen molar-refractivity contribution < 1.29 is 17.7 Å². The first-order valence-electron chi connectivity index (χ1n) is 5.06. The van der Waals surface area contributed by atoms with E-state index >= 15 is 0 Å². The van der Waals surface area contributed by atoms with Crippen molar-refractivity contribution in [1.82, 2.24) is 5.16 Å². The van der Waals surface area contributed by atoms with Crippen molar-refractivity contribution in [3.8, 4) is 11.3 Å². The van der Waals surface area contributed by atoms with E-state index in [0.29, 0.717) is 5.56 Å². The van der Waals surface area contributed by atoms with Crippen LogP contribution in [-0.4, -0.2) is 5.16 Å². The number of hydrogen-bond donors (Lipinski definition) is 0. The Bertz CT molecular complexity index is 698. The molecule has 0 amide bonds. The van der Waals surface area contributed by atoms with Crippen LogP contribution in [0.5, 0.6) is 0 Å². The van der Waals surface area contributed by atoms with E-state index in [1.165, 1.54) is 11.3 Å². The maximum Gasteiger partial charge on any atom is 0.436 e. The Balaban J connectivity index is 2.13. The van der Waals surface area contributed by atoms with Crippen LogP contribution in [0.3, 0.4) is 0 Å². The number of benzene rings is 1.